The van der Waals surface area contributed by atoms with Crippen LogP contribution in [0.3, 0.4) is 0 Å². The molecule has 2 aliphatic heterocycles. The number of piperidine rings is 1. The molecule has 1 unspecified atom stereocenters. The van der Waals surface area contributed by atoms with Gasteiger partial charge in [-0.15, -0.1) is 0 Å². The average Bonchev–Trinajstić information content (AvgIpc) is 3.12. The summed E-state index contributed by atoms with van der Waals surface area (Å²) in [7, 11) is 0. The number of thioether (sulfide) groups is 1. The van der Waals surface area contributed by atoms with Crippen molar-refractivity contribution in [2.45, 2.75) is 66.8 Å². The zero-order valence-corrected chi connectivity index (χ0v) is 24.0. The van der Waals surface area contributed by atoms with E-state index in [0.29, 0.717) is 65.4 Å². The lowest BCUT2D eigenvalue weighted by Crippen LogP contribution is -2.43. The van der Waals surface area contributed by atoms with E-state index in [4.69, 9.17) is 17.0 Å². The van der Waals surface area contributed by atoms with E-state index in [1.165, 1.54) is 11.8 Å². The van der Waals surface area contributed by atoms with Gasteiger partial charge in [-0.25, -0.2) is 0 Å². The third-order valence-corrected chi connectivity index (χ3v) is 8.00. The molecule has 0 saturated carbocycles. The molecule has 2 aliphatic rings. The molecular formula is C27H36N4O4S2. The molecule has 1 aromatic heterocycles. The van der Waals surface area contributed by atoms with Crippen LogP contribution in [0.25, 0.3) is 6.08 Å². The number of nitrogens with zero attached hydrogens (tertiary/aromatic N) is 4. The van der Waals surface area contributed by atoms with Crippen molar-refractivity contribution in [3.63, 3.8) is 0 Å². The van der Waals surface area contributed by atoms with Crippen LogP contribution < -0.4 is 10.5 Å². The molecule has 0 radical (unpaired) electrons. The van der Waals surface area contributed by atoms with E-state index in [-0.39, 0.29) is 34.8 Å². The lowest BCUT2D eigenvalue weighted by Gasteiger charge is -2.36. The predicted molar refractivity (Wildman–Crippen MR) is 151 cm³/mol. The van der Waals surface area contributed by atoms with Gasteiger partial charge in [0, 0.05) is 31.7 Å². The maximum atomic E-state index is 13.5. The normalized spacial score (nSPS) is 19.2. The highest BCUT2D eigenvalue weighted by molar-refractivity contribution is 8.26. The second kappa shape index (κ2) is 12.7. The van der Waals surface area contributed by atoms with Crippen LogP contribution in [0.2, 0.25) is 0 Å². The summed E-state index contributed by atoms with van der Waals surface area (Å²) in [5.41, 5.74) is 0.915. The van der Waals surface area contributed by atoms with Gasteiger partial charge in [0.2, 0.25) is 0 Å². The number of esters is 1. The van der Waals surface area contributed by atoms with Crippen molar-refractivity contribution >= 4 is 52.1 Å². The van der Waals surface area contributed by atoms with Gasteiger partial charge in [0.05, 0.1) is 17.4 Å². The molecule has 0 spiro atoms. The van der Waals surface area contributed by atoms with Gasteiger partial charge in [-0.2, -0.15) is 5.26 Å². The van der Waals surface area contributed by atoms with Crippen LogP contribution in [-0.2, 0) is 20.9 Å². The van der Waals surface area contributed by atoms with Crippen LogP contribution >= 0.6 is 24.0 Å². The van der Waals surface area contributed by atoms with Gasteiger partial charge in [0.1, 0.15) is 21.8 Å². The number of anilines is 1. The number of pyridine rings is 1. The largest absolute Gasteiger partial charge is 0.466 e. The molecule has 8 nitrogen and oxygen atoms in total. The van der Waals surface area contributed by atoms with Gasteiger partial charge in [0.15, 0.2) is 0 Å². The van der Waals surface area contributed by atoms with Crippen LogP contribution in [-0.4, -0.2) is 51.9 Å². The number of nitriles is 1. The number of carbonyl (C=O) groups is 2. The molecule has 2 fully saturated rings. The number of hydrogen-bond acceptors (Lipinski definition) is 8. The van der Waals surface area contributed by atoms with Gasteiger partial charge in [-0.3, -0.25) is 23.9 Å². The van der Waals surface area contributed by atoms with Crippen LogP contribution in [0.1, 0.15) is 70.1 Å². The van der Waals surface area contributed by atoms with Gasteiger partial charge in [0.25, 0.3) is 11.5 Å². The summed E-state index contributed by atoms with van der Waals surface area (Å²) in [6.07, 6.45) is 4.89. The first-order valence-electron chi connectivity index (χ1n) is 13.0. The Hall–Kier alpha value is -2.64. The topological polar surface area (TPSA) is 95.6 Å². The van der Waals surface area contributed by atoms with Crippen molar-refractivity contribution < 1.29 is 14.3 Å². The summed E-state index contributed by atoms with van der Waals surface area (Å²) < 4.78 is 7.45. The Morgan fingerprint density at radius 3 is 2.68 bits per heavy atom. The molecule has 1 amide bonds. The molecule has 3 heterocycles. The summed E-state index contributed by atoms with van der Waals surface area (Å²) in [5.74, 6) is 0.195. The predicted octanol–water partition coefficient (Wildman–Crippen LogP) is 4.47. The summed E-state index contributed by atoms with van der Waals surface area (Å²) in [6, 6.07) is 2.09. The number of carbonyl (C=O) groups excluding carboxylic acids is 2. The van der Waals surface area contributed by atoms with E-state index < -0.39 is 0 Å². The second-order valence-electron chi connectivity index (χ2n) is 9.88. The number of amides is 1. The first-order chi connectivity index (χ1) is 17.6. The average molecular weight is 545 g/mol. The van der Waals surface area contributed by atoms with Crippen molar-refractivity contribution in [3.05, 3.63) is 31.9 Å². The Morgan fingerprint density at radius 1 is 1.32 bits per heavy atom. The Kier molecular flexibility index (Phi) is 9.96. The SMILES string of the molecule is CCCCn1c(N2CCCC(C(=O)OCC)C2)c(/C=C2\SC(=S)N(CC(C)C)C2=O)c(C)c(C#N)c1=O. The molecule has 2 saturated heterocycles. The summed E-state index contributed by atoms with van der Waals surface area (Å²) in [5, 5.41) is 9.88. The maximum Gasteiger partial charge on any atom is 0.310 e. The van der Waals surface area contributed by atoms with E-state index in [2.05, 4.69) is 11.0 Å². The van der Waals surface area contributed by atoms with E-state index in [9.17, 15) is 19.6 Å². The lowest BCUT2D eigenvalue weighted by atomic mass is 9.96. The number of rotatable bonds is 9. The molecule has 0 N–H and O–H groups in total. The van der Waals surface area contributed by atoms with E-state index >= 15 is 0 Å². The highest BCUT2D eigenvalue weighted by Crippen LogP contribution is 2.37. The van der Waals surface area contributed by atoms with Gasteiger partial charge >= 0.3 is 5.97 Å². The van der Waals surface area contributed by atoms with Crippen LogP contribution in [0.4, 0.5) is 5.82 Å². The minimum atomic E-state index is -0.341. The Bertz CT molecular complexity index is 1200. The first kappa shape index (κ1) is 28.9. The Morgan fingerprint density at radius 2 is 2.05 bits per heavy atom. The van der Waals surface area contributed by atoms with Crippen LogP contribution in [0.15, 0.2) is 9.70 Å². The number of thiocarbonyl (C=S) groups is 1. The quantitative estimate of drug-likeness (QED) is 0.255. The summed E-state index contributed by atoms with van der Waals surface area (Å²) in [6.45, 7) is 12.0. The van der Waals surface area contributed by atoms with Gasteiger partial charge in [-0.1, -0.05) is 51.2 Å². The molecule has 3 rings (SSSR count). The summed E-state index contributed by atoms with van der Waals surface area (Å²) in [4.78, 5) is 43.5. The third-order valence-electron chi connectivity index (χ3n) is 6.62. The van der Waals surface area contributed by atoms with Crippen molar-refractivity contribution in [2.75, 3.05) is 31.1 Å². The number of hydrogen-bond donors (Lipinski definition) is 0. The minimum absolute atomic E-state index is 0.0720. The van der Waals surface area contributed by atoms with Crippen molar-refractivity contribution in [1.82, 2.24) is 9.47 Å². The zero-order chi connectivity index (χ0) is 27.3. The number of aromatic nitrogens is 1. The third kappa shape index (κ3) is 6.27. The number of ether oxygens (including phenoxy) is 1. The van der Waals surface area contributed by atoms with Crippen LogP contribution in [0.5, 0.6) is 0 Å². The van der Waals surface area contributed by atoms with Crippen molar-refractivity contribution in [3.8, 4) is 6.07 Å². The number of unbranched alkanes of at least 4 members (excludes halogenated alkanes) is 1. The molecule has 37 heavy (non-hydrogen) atoms. The Balaban J connectivity index is 2.20. The molecule has 1 aromatic rings. The second-order valence-corrected chi connectivity index (χ2v) is 11.6. The Labute approximate surface area is 228 Å². The standard InChI is InChI=1S/C27H36N4O4S2/c1-6-8-12-30-23(29-11-9-10-19(16-29)26(34)35-7-2)20(18(5)21(14-28)24(30)32)13-22-25(33)31(15-17(3)4)27(36)37-22/h13,17,19H,6-12,15-16H2,1-5H3/b22-13-. The van der Waals surface area contributed by atoms with E-state index in [1.54, 1.807) is 29.4 Å². The fraction of sp³-hybridized carbons (Fsp3) is 0.593. The van der Waals surface area contributed by atoms with Gasteiger partial charge in [-0.05, 0) is 50.7 Å². The molecule has 1 atom stereocenters. The van der Waals surface area contributed by atoms with E-state index in [1.807, 2.05) is 20.8 Å². The first-order valence-corrected chi connectivity index (χ1v) is 14.2. The molecule has 200 valence electrons. The molecular weight excluding hydrogens is 508 g/mol. The molecule has 0 aliphatic carbocycles. The molecule has 0 bridgehead atoms. The fourth-order valence-corrected chi connectivity index (χ4v) is 6.04. The highest BCUT2D eigenvalue weighted by Gasteiger charge is 2.35. The maximum absolute atomic E-state index is 13.5. The highest BCUT2D eigenvalue weighted by atomic mass is 32.2. The fourth-order valence-electron chi connectivity index (χ4n) is 4.78. The zero-order valence-electron chi connectivity index (χ0n) is 22.3. The lowest BCUT2D eigenvalue weighted by molar-refractivity contribution is -0.148. The van der Waals surface area contributed by atoms with Gasteiger partial charge < -0.3 is 9.64 Å². The smallest absolute Gasteiger partial charge is 0.310 e. The minimum Gasteiger partial charge on any atom is -0.466 e. The monoisotopic (exact) mass is 544 g/mol. The van der Waals surface area contributed by atoms with Crippen molar-refractivity contribution in [1.29, 1.82) is 5.26 Å². The summed E-state index contributed by atoms with van der Waals surface area (Å²) >= 11 is 6.74. The van der Waals surface area contributed by atoms with Crippen LogP contribution in [0, 0.1) is 30.1 Å². The molecule has 0 aromatic carbocycles. The molecule has 10 heteroatoms. The van der Waals surface area contributed by atoms with Crippen molar-refractivity contribution in [2.24, 2.45) is 11.8 Å². The van der Waals surface area contributed by atoms with E-state index in [0.717, 1.165) is 19.3 Å².